The van der Waals surface area contributed by atoms with Crippen LogP contribution in [0.1, 0.15) is 25.0 Å². The zero-order valence-electron chi connectivity index (χ0n) is 13.4. The van der Waals surface area contributed by atoms with Gasteiger partial charge < -0.3 is 0 Å². The van der Waals surface area contributed by atoms with E-state index in [9.17, 15) is 8.42 Å². The topological polar surface area (TPSA) is 47.0 Å². The van der Waals surface area contributed by atoms with Gasteiger partial charge in [0.15, 0.2) is 9.84 Å². The number of benzene rings is 1. The summed E-state index contributed by atoms with van der Waals surface area (Å²) in [5.74, 6) is 0. The lowest BCUT2D eigenvalue weighted by atomic mass is 9.95. The third-order valence-corrected chi connectivity index (χ3v) is 5.04. The molecular formula is C19H19NO2S. The average Bonchev–Trinajstić information content (AvgIpc) is 2.83. The van der Waals surface area contributed by atoms with Crippen LogP contribution < -0.4 is 0 Å². The molecule has 4 heteroatoms. The van der Waals surface area contributed by atoms with Crippen molar-refractivity contribution in [3.63, 3.8) is 0 Å². The molecule has 2 aromatic rings. The highest BCUT2D eigenvalue weighted by Gasteiger charge is 2.25. The highest BCUT2D eigenvalue weighted by atomic mass is 32.2. The summed E-state index contributed by atoms with van der Waals surface area (Å²) in [6.45, 7) is 4.32. The van der Waals surface area contributed by atoms with Gasteiger partial charge in [-0.25, -0.2) is 8.42 Å². The molecule has 0 bridgehead atoms. The van der Waals surface area contributed by atoms with Crippen molar-refractivity contribution in [1.29, 1.82) is 0 Å². The Balaban J connectivity index is 2.06. The van der Waals surface area contributed by atoms with Crippen molar-refractivity contribution in [2.45, 2.75) is 18.7 Å². The SMILES string of the molecule is CC1(C)C=C(c2ccncc2)C(c2ccc(S(C)(=O)=O)cc2)=C1. The molecule has 0 amide bonds. The molecule has 0 atom stereocenters. The van der Waals surface area contributed by atoms with Gasteiger partial charge >= 0.3 is 0 Å². The van der Waals surface area contributed by atoms with E-state index in [1.165, 1.54) is 6.26 Å². The zero-order valence-corrected chi connectivity index (χ0v) is 14.3. The van der Waals surface area contributed by atoms with Crippen molar-refractivity contribution in [2.75, 3.05) is 6.26 Å². The molecule has 3 rings (SSSR count). The van der Waals surface area contributed by atoms with Crippen LogP contribution in [0, 0.1) is 5.41 Å². The summed E-state index contributed by atoms with van der Waals surface area (Å²) >= 11 is 0. The first-order chi connectivity index (χ1) is 10.8. The van der Waals surface area contributed by atoms with Gasteiger partial charge in [0.1, 0.15) is 0 Å². The number of hydrogen-bond donors (Lipinski definition) is 0. The molecule has 23 heavy (non-hydrogen) atoms. The normalized spacial score (nSPS) is 16.8. The lowest BCUT2D eigenvalue weighted by molar-refractivity contribution is 0.602. The molecule has 3 nitrogen and oxygen atoms in total. The lowest BCUT2D eigenvalue weighted by Crippen LogP contribution is -1.98. The van der Waals surface area contributed by atoms with E-state index in [1.54, 1.807) is 24.5 Å². The quantitative estimate of drug-likeness (QED) is 0.857. The van der Waals surface area contributed by atoms with E-state index >= 15 is 0 Å². The summed E-state index contributed by atoms with van der Waals surface area (Å²) in [4.78, 5) is 4.42. The van der Waals surface area contributed by atoms with E-state index in [4.69, 9.17) is 0 Å². The highest BCUT2D eigenvalue weighted by molar-refractivity contribution is 7.90. The number of pyridine rings is 1. The third-order valence-electron chi connectivity index (χ3n) is 3.91. The second-order valence-electron chi connectivity index (χ2n) is 6.47. The van der Waals surface area contributed by atoms with E-state index in [1.807, 2.05) is 24.3 Å². The predicted octanol–water partition coefficient (Wildman–Crippen LogP) is 3.99. The standard InChI is InChI=1S/C19H19NO2S/c1-19(2)12-17(18(13-19)15-8-10-20-11-9-15)14-4-6-16(7-5-14)23(3,21)22/h4-13H,1-3H3. The number of sulfone groups is 1. The van der Waals surface area contributed by atoms with Crippen LogP contribution in [-0.4, -0.2) is 19.7 Å². The molecule has 0 saturated heterocycles. The molecule has 0 radical (unpaired) electrons. The second kappa shape index (κ2) is 5.46. The van der Waals surface area contributed by atoms with Crippen LogP contribution in [0.4, 0.5) is 0 Å². The Morgan fingerprint density at radius 3 is 1.78 bits per heavy atom. The first-order valence-electron chi connectivity index (χ1n) is 7.43. The predicted molar refractivity (Wildman–Crippen MR) is 93.5 cm³/mol. The molecule has 0 unspecified atom stereocenters. The van der Waals surface area contributed by atoms with Gasteiger partial charge in [0.05, 0.1) is 4.90 Å². The van der Waals surface area contributed by atoms with E-state index in [2.05, 4.69) is 31.0 Å². The Hall–Kier alpha value is -2.20. The molecule has 1 aromatic heterocycles. The first-order valence-corrected chi connectivity index (χ1v) is 9.32. The largest absolute Gasteiger partial charge is 0.265 e. The van der Waals surface area contributed by atoms with Gasteiger partial charge in [0, 0.05) is 24.1 Å². The maximum absolute atomic E-state index is 11.6. The van der Waals surface area contributed by atoms with Crippen LogP contribution in [-0.2, 0) is 9.84 Å². The minimum Gasteiger partial charge on any atom is -0.265 e. The second-order valence-corrected chi connectivity index (χ2v) is 8.49. The summed E-state index contributed by atoms with van der Waals surface area (Å²) in [6, 6.07) is 11.1. The summed E-state index contributed by atoms with van der Waals surface area (Å²) < 4.78 is 23.2. The molecule has 0 N–H and O–H groups in total. The van der Waals surface area contributed by atoms with Gasteiger partial charge in [0.2, 0.25) is 0 Å². The summed E-state index contributed by atoms with van der Waals surface area (Å²) in [5.41, 5.74) is 4.38. The van der Waals surface area contributed by atoms with E-state index in [-0.39, 0.29) is 5.41 Å². The number of hydrogen-bond acceptors (Lipinski definition) is 3. The minimum atomic E-state index is -3.17. The minimum absolute atomic E-state index is 0.0383. The van der Waals surface area contributed by atoms with Gasteiger partial charge in [-0.05, 0) is 46.5 Å². The van der Waals surface area contributed by atoms with Crippen molar-refractivity contribution in [1.82, 2.24) is 4.98 Å². The van der Waals surface area contributed by atoms with Crippen molar-refractivity contribution in [2.24, 2.45) is 5.41 Å². The van der Waals surface area contributed by atoms with E-state index < -0.39 is 9.84 Å². The van der Waals surface area contributed by atoms with Gasteiger partial charge in [-0.3, -0.25) is 4.98 Å². The van der Waals surface area contributed by atoms with Gasteiger partial charge in [0.25, 0.3) is 0 Å². The summed E-state index contributed by atoms with van der Waals surface area (Å²) in [7, 11) is -3.17. The van der Waals surface area contributed by atoms with E-state index in [0.717, 1.165) is 22.3 Å². The van der Waals surface area contributed by atoms with Crippen molar-refractivity contribution >= 4 is 21.0 Å². The number of nitrogens with zero attached hydrogens (tertiary/aromatic N) is 1. The zero-order chi connectivity index (χ0) is 16.7. The van der Waals surface area contributed by atoms with Gasteiger partial charge in [-0.15, -0.1) is 0 Å². The van der Waals surface area contributed by atoms with Crippen LogP contribution in [0.3, 0.4) is 0 Å². The fourth-order valence-corrected chi connectivity index (χ4v) is 3.46. The van der Waals surface area contributed by atoms with Crippen LogP contribution in [0.25, 0.3) is 11.1 Å². The molecule has 1 heterocycles. The molecule has 0 saturated carbocycles. The Morgan fingerprint density at radius 1 is 0.826 bits per heavy atom. The number of rotatable bonds is 3. The van der Waals surface area contributed by atoms with Gasteiger partial charge in [-0.1, -0.05) is 38.1 Å². The van der Waals surface area contributed by atoms with E-state index in [0.29, 0.717) is 4.90 Å². The number of allylic oxidation sites excluding steroid dienone is 4. The molecular weight excluding hydrogens is 306 g/mol. The van der Waals surface area contributed by atoms with Crippen LogP contribution in [0.15, 0.2) is 65.8 Å². The Bertz CT molecular complexity index is 890. The maximum atomic E-state index is 11.6. The molecule has 0 fully saturated rings. The highest BCUT2D eigenvalue weighted by Crippen LogP contribution is 2.43. The maximum Gasteiger partial charge on any atom is 0.175 e. The van der Waals surface area contributed by atoms with Crippen molar-refractivity contribution < 1.29 is 8.42 Å². The molecule has 1 aromatic carbocycles. The molecule has 1 aliphatic carbocycles. The Kier molecular flexibility index (Phi) is 3.72. The first kappa shape index (κ1) is 15.7. The monoisotopic (exact) mass is 325 g/mol. The van der Waals surface area contributed by atoms with Gasteiger partial charge in [-0.2, -0.15) is 0 Å². The smallest absolute Gasteiger partial charge is 0.175 e. The average molecular weight is 325 g/mol. The van der Waals surface area contributed by atoms with Crippen molar-refractivity contribution in [3.05, 3.63) is 72.1 Å². The fraction of sp³-hybridized carbons (Fsp3) is 0.211. The molecule has 0 spiro atoms. The van der Waals surface area contributed by atoms with Crippen LogP contribution in [0.2, 0.25) is 0 Å². The fourth-order valence-electron chi connectivity index (χ4n) is 2.83. The molecule has 1 aliphatic rings. The Labute approximate surface area is 137 Å². The third kappa shape index (κ3) is 3.27. The molecule has 118 valence electrons. The summed E-state index contributed by atoms with van der Waals surface area (Å²) in [5, 5.41) is 0. The lowest BCUT2D eigenvalue weighted by Gasteiger charge is -2.10. The molecule has 0 aliphatic heterocycles. The Morgan fingerprint density at radius 2 is 1.30 bits per heavy atom. The van der Waals surface area contributed by atoms with Crippen LogP contribution in [0.5, 0.6) is 0 Å². The van der Waals surface area contributed by atoms with Crippen molar-refractivity contribution in [3.8, 4) is 0 Å². The summed E-state index contributed by atoms with van der Waals surface area (Å²) in [6.07, 6.45) is 9.25. The number of aromatic nitrogens is 1. The van der Waals surface area contributed by atoms with Crippen LogP contribution >= 0.6 is 0 Å².